The van der Waals surface area contributed by atoms with Crippen LogP contribution in [0.1, 0.15) is 26.7 Å². The van der Waals surface area contributed by atoms with Crippen LogP contribution in [0.25, 0.3) is 0 Å². The molecule has 3 unspecified atom stereocenters. The summed E-state index contributed by atoms with van der Waals surface area (Å²) < 4.78 is -0.540. The number of rotatable bonds is 6. The van der Waals surface area contributed by atoms with Crippen molar-refractivity contribution in [2.24, 2.45) is 0 Å². The first-order valence-electron chi connectivity index (χ1n) is 7.29. The fourth-order valence-electron chi connectivity index (χ4n) is 2.67. The highest BCUT2D eigenvalue weighted by atomic mass is 16.6. The number of benzene rings is 1. The Morgan fingerprint density at radius 3 is 2.50 bits per heavy atom. The van der Waals surface area contributed by atoms with Crippen LogP contribution >= 0.6 is 0 Å². The Bertz CT molecular complexity index is 454. The molecule has 5 heteroatoms. The van der Waals surface area contributed by atoms with E-state index >= 15 is 0 Å². The standard InChI is InChI=1S/C15H24N2O3/c1-3-12(18)9-16-11-17(20,10-13(19)4-2)15-8-6-5-7-14(15)16/h5-8,12-13,18-19H,3-4,9-11H2,1-2H3. The van der Waals surface area contributed by atoms with E-state index in [0.29, 0.717) is 25.1 Å². The van der Waals surface area contributed by atoms with E-state index in [0.717, 1.165) is 5.69 Å². The Balaban J connectivity index is 2.25. The van der Waals surface area contributed by atoms with Gasteiger partial charge in [-0.3, -0.25) is 0 Å². The minimum atomic E-state index is -0.600. The van der Waals surface area contributed by atoms with Crippen molar-refractivity contribution in [3.8, 4) is 0 Å². The number of anilines is 1. The molecule has 2 N–H and O–H groups in total. The number of aliphatic hydroxyl groups excluding tert-OH is 2. The molecule has 0 fully saturated rings. The molecule has 112 valence electrons. The second-order valence-electron chi connectivity index (χ2n) is 5.55. The van der Waals surface area contributed by atoms with E-state index in [1.165, 1.54) is 0 Å². The molecule has 2 rings (SSSR count). The molecule has 5 nitrogen and oxygen atoms in total. The van der Waals surface area contributed by atoms with Gasteiger partial charge in [0.05, 0.1) is 6.10 Å². The maximum Gasteiger partial charge on any atom is 0.159 e. The molecule has 1 aromatic rings. The second-order valence-corrected chi connectivity index (χ2v) is 5.55. The largest absolute Gasteiger partial charge is 0.626 e. The number of nitrogens with zero attached hydrogens (tertiary/aromatic N) is 2. The van der Waals surface area contributed by atoms with Gasteiger partial charge in [0, 0.05) is 12.6 Å². The predicted molar refractivity (Wildman–Crippen MR) is 81.3 cm³/mol. The Labute approximate surface area is 120 Å². The highest BCUT2D eigenvalue weighted by Crippen LogP contribution is 2.40. The van der Waals surface area contributed by atoms with Gasteiger partial charge < -0.3 is 25.0 Å². The predicted octanol–water partition coefficient (Wildman–Crippen LogP) is 1.81. The van der Waals surface area contributed by atoms with E-state index < -0.39 is 16.9 Å². The first-order chi connectivity index (χ1) is 9.50. The zero-order valence-corrected chi connectivity index (χ0v) is 12.2. The minimum Gasteiger partial charge on any atom is -0.626 e. The lowest BCUT2D eigenvalue weighted by Crippen LogP contribution is -2.51. The summed E-state index contributed by atoms with van der Waals surface area (Å²) in [7, 11) is 0. The van der Waals surface area contributed by atoms with Crippen LogP contribution in [0.4, 0.5) is 11.4 Å². The molecule has 0 saturated carbocycles. The minimum absolute atomic E-state index is 0.159. The molecule has 0 saturated heterocycles. The van der Waals surface area contributed by atoms with Crippen molar-refractivity contribution in [3.05, 3.63) is 29.5 Å². The van der Waals surface area contributed by atoms with Crippen molar-refractivity contribution in [1.82, 2.24) is 4.65 Å². The van der Waals surface area contributed by atoms with E-state index in [4.69, 9.17) is 0 Å². The van der Waals surface area contributed by atoms with Gasteiger partial charge in [0.15, 0.2) is 12.4 Å². The molecule has 0 aromatic heterocycles. The summed E-state index contributed by atoms with van der Waals surface area (Å²) in [5, 5.41) is 32.7. The zero-order chi connectivity index (χ0) is 14.8. The van der Waals surface area contributed by atoms with Crippen LogP contribution in [0, 0.1) is 5.21 Å². The monoisotopic (exact) mass is 280 g/mol. The van der Waals surface area contributed by atoms with Gasteiger partial charge in [-0.15, -0.1) is 0 Å². The lowest BCUT2D eigenvalue weighted by atomic mass is 10.2. The SMILES string of the molecule is CCC(O)CN1C[N+]([O-])(CC(O)CC)c2ccccc21. The van der Waals surface area contributed by atoms with Gasteiger partial charge in [0.2, 0.25) is 0 Å². The third kappa shape index (κ3) is 2.96. The van der Waals surface area contributed by atoms with Gasteiger partial charge >= 0.3 is 0 Å². The first-order valence-corrected chi connectivity index (χ1v) is 7.29. The highest BCUT2D eigenvalue weighted by Gasteiger charge is 2.37. The summed E-state index contributed by atoms with van der Waals surface area (Å²) in [5.74, 6) is 0. The highest BCUT2D eigenvalue weighted by molar-refractivity contribution is 5.74. The fraction of sp³-hybridized carbons (Fsp3) is 0.600. The van der Waals surface area contributed by atoms with Crippen molar-refractivity contribution in [1.29, 1.82) is 0 Å². The Morgan fingerprint density at radius 2 is 1.85 bits per heavy atom. The first kappa shape index (κ1) is 15.3. The van der Waals surface area contributed by atoms with Gasteiger partial charge in [-0.25, -0.2) is 0 Å². The third-order valence-electron chi connectivity index (χ3n) is 3.94. The van der Waals surface area contributed by atoms with Crippen LogP contribution < -0.4 is 9.55 Å². The Hall–Kier alpha value is -1.14. The number of hydroxylamine groups is 2. The molecule has 1 heterocycles. The molecule has 0 bridgehead atoms. The number of hydrogen-bond donors (Lipinski definition) is 2. The summed E-state index contributed by atoms with van der Waals surface area (Å²) >= 11 is 0. The van der Waals surface area contributed by atoms with E-state index in [-0.39, 0.29) is 13.2 Å². The molecular formula is C15H24N2O3. The van der Waals surface area contributed by atoms with Crippen LogP contribution in [-0.2, 0) is 0 Å². The number of hydrogen-bond acceptors (Lipinski definition) is 4. The van der Waals surface area contributed by atoms with Crippen LogP contribution in [0.15, 0.2) is 24.3 Å². The lowest BCUT2D eigenvalue weighted by Gasteiger charge is -2.39. The summed E-state index contributed by atoms with van der Waals surface area (Å²) in [6.45, 7) is 4.67. The van der Waals surface area contributed by atoms with E-state index in [9.17, 15) is 15.4 Å². The van der Waals surface area contributed by atoms with Crippen molar-refractivity contribution in [3.63, 3.8) is 0 Å². The maximum atomic E-state index is 13.0. The molecule has 0 aliphatic carbocycles. The van der Waals surface area contributed by atoms with Gasteiger partial charge in [0.1, 0.15) is 18.3 Å². The molecule has 1 aliphatic rings. The average molecular weight is 280 g/mol. The molecule has 1 aliphatic heterocycles. The molecular weight excluding hydrogens is 256 g/mol. The zero-order valence-electron chi connectivity index (χ0n) is 12.2. The van der Waals surface area contributed by atoms with E-state index in [2.05, 4.69) is 0 Å². The molecule has 0 spiro atoms. The third-order valence-corrected chi connectivity index (χ3v) is 3.94. The number of quaternary nitrogens is 1. The molecule has 1 aromatic carbocycles. The van der Waals surface area contributed by atoms with E-state index in [1.54, 1.807) is 0 Å². The Kier molecular flexibility index (Phi) is 4.65. The second kappa shape index (κ2) is 6.10. The quantitative estimate of drug-likeness (QED) is 0.616. The summed E-state index contributed by atoms with van der Waals surface area (Å²) in [4.78, 5) is 1.93. The number of β-amino-alcohol motifs (C(OH)–C–C–N with tert-alkyl or cyclic N) is 1. The number of fused-ring (bicyclic) bond motifs is 1. The van der Waals surface area contributed by atoms with Crippen molar-refractivity contribution < 1.29 is 10.2 Å². The van der Waals surface area contributed by atoms with Gasteiger partial charge in [-0.1, -0.05) is 26.0 Å². The molecule has 0 radical (unpaired) electrons. The summed E-state index contributed by atoms with van der Waals surface area (Å²) in [6, 6.07) is 7.48. The van der Waals surface area contributed by atoms with Gasteiger partial charge in [-0.05, 0) is 18.9 Å². The van der Waals surface area contributed by atoms with Crippen LogP contribution in [0.3, 0.4) is 0 Å². The smallest absolute Gasteiger partial charge is 0.159 e. The topological polar surface area (TPSA) is 66.8 Å². The molecule has 0 amide bonds. The normalized spacial score (nSPS) is 24.6. The van der Waals surface area contributed by atoms with Crippen molar-refractivity contribution >= 4 is 11.4 Å². The summed E-state index contributed by atoms with van der Waals surface area (Å²) in [5.41, 5.74) is 1.56. The van der Waals surface area contributed by atoms with Gasteiger partial charge in [-0.2, -0.15) is 0 Å². The van der Waals surface area contributed by atoms with Crippen molar-refractivity contribution in [2.75, 3.05) is 24.7 Å². The maximum absolute atomic E-state index is 13.0. The van der Waals surface area contributed by atoms with Gasteiger partial charge in [0.25, 0.3) is 0 Å². The van der Waals surface area contributed by atoms with Crippen LogP contribution in [-0.4, -0.2) is 42.2 Å². The number of para-hydroxylation sites is 2. The van der Waals surface area contributed by atoms with E-state index in [1.807, 2.05) is 43.0 Å². The lowest BCUT2D eigenvalue weighted by molar-refractivity contribution is 0.132. The molecule has 20 heavy (non-hydrogen) atoms. The molecule has 3 atom stereocenters. The average Bonchev–Trinajstić information content (AvgIpc) is 2.72. The Morgan fingerprint density at radius 1 is 1.20 bits per heavy atom. The van der Waals surface area contributed by atoms with Crippen LogP contribution in [0.2, 0.25) is 0 Å². The number of aliphatic hydroxyl groups is 2. The fourth-order valence-corrected chi connectivity index (χ4v) is 2.67. The van der Waals surface area contributed by atoms with Crippen molar-refractivity contribution in [2.45, 2.75) is 38.9 Å². The summed E-state index contributed by atoms with van der Waals surface area (Å²) in [6.07, 6.45) is 0.194. The van der Waals surface area contributed by atoms with Crippen LogP contribution in [0.5, 0.6) is 0 Å².